The zero-order valence-corrected chi connectivity index (χ0v) is 6.35. The Kier molecular flexibility index (Phi) is 2.14. The molecule has 0 radical (unpaired) electrons. The van der Waals surface area contributed by atoms with Crippen LogP contribution in [0.4, 0.5) is 5.69 Å². The Morgan fingerprint density at radius 3 is 2.75 bits per heavy atom. The van der Waals surface area contributed by atoms with E-state index in [0.29, 0.717) is 12.0 Å². The summed E-state index contributed by atoms with van der Waals surface area (Å²) in [5.74, 6) is 0. The molecule has 0 aliphatic carbocycles. The zero-order valence-electron chi connectivity index (χ0n) is 6.35. The molecule has 0 unspecified atom stereocenters. The third-order valence-electron chi connectivity index (χ3n) is 1.29. The molecule has 0 saturated heterocycles. The molecule has 0 spiro atoms. The summed E-state index contributed by atoms with van der Waals surface area (Å²) in [5.41, 5.74) is 0.442. The van der Waals surface area contributed by atoms with Crippen LogP contribution < -0.4 is 0 Å². The first kappa shape index (κ1) is 8.32. The summed E-state index contributed by atoms with van der Waals surface area (Å²) >= 11 is 0. The van der Waals surface area contributed by atoms with Crippen LogP contribution in [0.1, 0.15) is 16.2 Å². The van der Waals surface area contributed by atoms with E-state index in [4.69, 9.17) is 0 Å². The Hall–Kier alpha value is -1.78. The number of nitro groups is 1. The summed E-state index contributed by atoms with van der Waals surface area (Å²) in [6.07, 6.45) is 0.486. The molecular weight excluding hydrogens is 160 g/mol. The third kappa shape index (κ3) is 1.63. The molecule has 5 heteroatoms. The lowest BCUT2D eigenvalue weighted by molar-refractivity contribution is -0.385. The van der Waals surface area contributed by atoms with E-state index in [1.54, 1.807) is 6.92 Å². The Morgan fingerprint density at radius 1 is 1.58 bits per heavy atom. The Bertz CT molecular complexity index is 335. The Morgan fingerprint density at radius 2 is 2.25 bits per heavy atom. The Labute approximate surface area is 68.2 Å². The number of carbonyl (C=O) groups is 1. The highest BCUT2D eigenvalue weighted by atomic mass is 16.6. The van der Waals surface area contributed by atoms with Crippen LogP contribution in [-0.2, 0) is 0 Å². The van der Waals surface area contributed by atoms with Crippen LogP contribution in [0.15, 0.2) is 12.1 Å². The maximum absolute atomic E-state index is 10.3. The van der Waals surface area contributed by atoms with Crippen molar-refractivity contribution in [3.8, 4) is 0 Å². The minimum absolute atomic E-state index is 0.0849. The highest BCUT2D eigenvalue weighted by Gasteiger charge is 2.07. The number of hydrogen-bond acceptors (Lipinski definition) is 4. The number of aryl methyl sites for hydroxylation is 1. The van der Waals surface area contributed by atoms with E-state index in [1.165, 1.54) is 6.07 Å². The average molecular weight is 166 g/mol. The van der Waals surface area contributed by atoms with Gasteiger partial charge in [0.25, 0.3) is 5.69 Å². The molecular formula is C7H6N2O3. The van der Waals surface area contributed by atoms with Crippen molar-refractivity contribution in [1.29, 1.82) is 0 Å². The molecule has 62 valence electrons. The van der Waals surface area contributed by atoms with Gasteiger partial charge in [0.05, 0.1) is 4.92 Å². The first-order valence-corrected chi connectivity index (χ1v) is 3.22. The van der Waals surface area contributed by atoms with Crippen molar-refractivity contribution in [1.82, 2.24) is 4.98 Å². The lowest BCUT2D eigenvalue weighted by Crippen LogP contribution is -1.94. The summed E-state index contributed by atoms with van der Waals surface area (Å²) < 4.78 is 0. The van der Waals surface area contributed by atoms with E-state index in [-0.39, 0.29) is 11.4 Å². The van der Waals surface area contributed by atoms with E-state index < -0.39 is 4.92 Å². The summed E-state index contributed by atoms with van der Waals surface area (Å²) in [7, 11) is 0. The van der Waals surface area contributed by atoms with Gasteiger partial charge in [-0.2, -0.15) is 0 Å². The molecule has 0 amide bonds. The average Bonchev–Trinajstić information content (AvgIpc) is 2.03. The number of aromatic nitrogens is 1. The van der Waals surface area contributed by atoms with Crippen molar-refractivity contribution < 1.29 is 9.72 Å². The normalized spacial score (nSPS) is 9.42. The highest BCUT2D eigenvalue weighted by Crippen LogP contribution is 2.12. The molecule has 0 bridgehead atoms. The number of carbonyl (C=O) groups excluding carboxylic acids is 1. The number of pyridine rings is 1. The van der Waals surface area contributed by atoms with Gasteiger partial charge >= 0.3 is 0 Å². The number of rotatable bonds is 2. The fourth-order valence-corrected chi connectivity index (χ4v) is 0.841. The lowest BCUT2D eigenvalue weighted by Gasteiger charge is -1.94. The zero-order chi connectivity index (χ0) is 9.14. The minimum Gasteiger partial charge on any atom is -0.296 e. The summed E-state index contributed by atoms with van der Waals surface area (Å²) in [5, 5.41) is 10.3. The number of aldehydes is 1. The van der Waals surface area contributed by atoms with E-state index in [9.17, 15) is 14.9 Å². The van der Waals surface area contributed by atoms with Crippen molar-refractivity contribution in [2.45, 2.75) is 6.92 Å². The number of hydrogen-bond donors (Lipinski definition) is 0. The molecule has 1 aromatic heterocycles. The second-order valence-electron chi connectivity index (χ2n) is 2.27. The van der Waals surface area contributed by atoms with Crippen molar-refractivity contribution in [2.75, 3.05) is 0 Å². The van der Waals surface area contributed by atoms with E-state index in [0.717, 1.165) is 6.07 Å². The topological polar surface area (TPSA) is 73.1 Å². The maximum atomic E-state index is 10.3. The van der Waals surface area contributed by atoms with E-state index in [1.807, 2.05) is 0 Å². The van der Waals surface area contributed by atoms with Gasteiger partial charge in [0.2, 0.25) is 0 Å². The lowest BCUT2D eigenvalue weighted by atomic mass is 10.3. The standard InChI is InChI=1S/C7H6N2O3/c1-5-2-7(9(11)12)3-6(4-10)8-5/h2-4H,1H3. The molecule has 0 aromatic carbocycles. The summed E-state index contributed by atoms with van der Waals surface area (Å²) in [4.78, 5) is 23.7. The first-order valence-electron chi connectivity index (χ1n) is 3.22. The van der Waals surface area contributed by atoms with E-state index in [2.05, 4.69) is 4.98 Å². The first-order chi connectivity index (χ1) is 5.63. The fourth-order valence-electron chi connectivity index (χ4n) is 0.841. The molecule has 1 aromatic rings. The van der Waals surface area contributed by atoms with Crippen LogP contribution in [0, 0.1) is 17.0 Å². The molecule has 0 saturated carbocycles. The monoisotopic (exact) mass is 166 g/mol. The molecule has 0 aliphatic rings. The van der Waals surface area contributed by atoms with Crippen LogP contribution in [-0.4, -0.2) is 16.2 Å². The predicted molar refractivity (Wildman–Crippen MR) is 41.0 cm³/mol. The van der Waals surface area contributed by atoms with Gasteiger partial charge in [-0.15, -0.1) is 0 Å². The smallest absolute Gasteiger partial charge is 0.273 e. The van der Waals surface area contributed by atoms with Gasteiger partial charge in [-0.3, -0.25) is 14.9 Å². The summed E-state index contributed by atoms with van der Waals surface area (Å²) in [6.45, 7) is 1.60. The molecule has 5 nitrogen and oxygen atoms in total. The largest absolute Gasteiger partial charge is 0.296 e. The molecule has 0 atom stereocenters. The van der Waals surface area contributed by atoms with Crippen molar-refractivity contribution in [2.24, 2.45) is 0 Å². The SMILES string of the molecule is Cc1cc([N+](=O)[O-])cc(C=O)n1. The molecule has 0 fully saturated rings. The van der Waals surface area contributed by atoms with Crippen LogP contribution in [0.3, 0.4) is 0 Å². The molecule has 0 aliphatic heterocycles. The van der Waals surface area contributed by atoms with Crippen LogP contribution in [0.2, 0.25) is 0 Å². The van der Waals surface area contributed by atoms with Gasteiger partial charge in [0.15, 0.2) is 6.29 Å². The van der Waals surface area contributed by atoms with Crippen LogP contribution in [0.5, 0.6) is 0 Å². The predicted octanol–water partition coefficient (Wildman–Crippen LogP) is 1.11. The fraction of sp³-hybridized carbons (Fsp3) is 0.143. The van der Waals surface area contributed by atoms with Crippen molar-refractivity contribution in [3.05, 3.63) is 33.6 Å². The van der Waals surface area contributed by atoms with Crippen LogP contribution >= 0.6 is 0 Å². The van der Waals surface area contributed by atoms with Gasteiger partial charge in [-0.1, -0.05) is 0 Å². The van der Waals surface area contributed by atoms with Gasteiger partial charge in [0.1, 0.15) is 5.69 Å². The van der Waals surface area contributed by atoms with Crippen LogP contribution in [0.25, 0.3) is 0 Å². The second kappa shape index (κ2) is 3.08. The highest BCUT2D eigenvalue weighted by molar-refractivity contribution is 5.73. The van der Waals surface area contributed by atoms with Crippen molar-refractivity contribution in [3.63, 3.8) is 0 Å². The van der Waals surface area contributed by atoms with Gasteiger partial charge < -0.3 is 0 Å². The Balaban J connectivity index is 3.23. The summed E-state index contributed by atoms with van der Waals surface area (Å²) in [6, 6.07) is 2.45. The molecule has 1 heterocycles. The molecule has 0 N–H and O–H groups in total. The molecule has 12 heavy (non-hydrogen) atoms. The minimum atomic E-state index is -0.554. The van der Waals surface area contributed by atoms with Crippen molar-refractivity contribution >= 4 is 12.0 Å². The quantitative estimate of drug-likeness (QED) is 0.374. The maximum Gasteiger partial charge on any atom is 0.273 e. The van der Waals surface area contributed by atoms with Gasteiger partial charge in [-0.25, -0.2) is 4.98 Å². The number of nitrogens with zero attached hydrogens (tertiary/aromatic N) is 2. The van der Waals surface area contributed by atoms with Gasteiger partial charge in [-0.05, 0) is 6.92 Å². The third-order valence-corrected chi connectivity index (χ3v) is 1.29. The van der Waals surface area contributed by atoms with Gasteiger partial charge in [0, 0.05) is 17.8 Å². The second-order valence-corrected chi connectivity index (χ2v) is 2.27. The van der Waals surface area contributed by atoms with E-state index >= 15 is 0 Å². The molecule has 1 rings (SSSR count).